The molecule has 0 aromatic carbocycles. The molecule has 1 aliphatic rings. The normalized spacial score (nSPS) is 40.6. The van der Waals surface area contributed by atoms with E-state index in [0.717, 1.165) is 0 Å². The lowest BCUT2D eigenvalue weighted by Crippen LogP contribution is -2.28. The lowest BCUT2D eigenvalue weighted by Gasteiger charge is -2.04. The zero-order valence-electron chi connectivity index (χ0n) is 5.29. The van der Waals surface area contributed by atoms with E-state index in [0.29, 0.717) is 0 Å². The van der Waals surface area contributed by atoms with Gasteiger partial charge in [0.2, 0.25) is 0 Å². The van der Waals surface area contributed by atoms with Crippen LogP contribution in [0.25, 0.3) is 0 Å². The molecule has 1 heterocycles. The molecule has 0 aromatic heterocycles. The second-order valence-corrected chi connectivity index (χ2v) is 2.13. The minimum Gasteiger partial charge on any atom is -0.372 e. The topological polar surface area (TPSA) is 52.3 Å². The van der Waals surface area contributed by atoms with Gasteiger partial charge in [0.15, 0.2) is 12.0 Å². The van der Waals surface area contributed by atoms with Gasteiger partial charge in [0, 0.05) is 6.54 Å². The molecular formula is C5H7BFNO2. The third kappa shape index (κ3) is 1.06. The van der Waals surface area contributed by atoms with Gasteiger partial charge >= 0.3 is 0 Å². The number of nitrogens with two attached hydrogens (primary N) is 1. The number of halogens is 1. The average molecular weight is 143 g/mol. The summed E-state index contributed by atoms with van der Waals surface area (Å²) in [6.07, 6.45) is -2.54. The second kappa shape index (κ2) is 2.68. The number of carbonyl (C=O) groups is 1. The van der Waals surface area contributed by atoms with Gasteiger partial charge in [0.05, 0.1) is 6.00 Å². The Morgan fingerprint density at radius 2 is 2.40 bits per heavy atom. The van der Waals surface area contributed by atoms with E-state index in [4.69, 9.17) is 13.6 Å². The maximum absolute atomic E-state index is 12.5. The highest BCUT2D eigenvalue weighted by atomic mass is 19.1. The minimum atomic E-state index is -1.70. The fraction of sp³-hybridized carbons (Fsp3) is 0.800. The third-order valence-corrected chi connectivity index (χ3v) is 1.41. The first-order valence-corrected chi connectivity index (χ1v) is 2.95. The highest BCUT2D eigenvalue weighted by molar-refractivity contribution is 6.15. The van der Waals surface area contributed by atoms with Crippen LogP contribution in [0, 0.1) is 0 Å². The molecule has 0 spiro atoms. The van der Waals surface area contributed by atoms with Crippen molar-refractivity contribution in [2.45, 2.75) is 18.3 Å². The second-order valence-electron chi connectivity index (χ2n) is 2.13. The molecule has 5 heteroatoms. The highest BCUT2D eigenvalue weighted by Crippen LogP contribution is 2.16. The molecule has 1 aliphatic heterocycles. The van der Waals surface area contributed by atoms with Crippen LogP contribution in [0.1, 0.15) is 0 Å². The zero-order chi connectivity index (χ0) is 7.72. The van der Waals surface area contributed by atoms with Crippen molar-refractivity contribution in [1.82, 2.24) is 0 Å². The molecule has 3 nitrogen and oxygen atoms in total. The van der Waals surface area contributed by atoms with Crippen molar-refractivity contribution in [3.8, 4) is 0 Å². The van der Waals surface area contributed by atoms with Crippen molar-refractivity contribution < 1.29 is 13.9 Å². The lowest BCUT2D eigenvalue weighted by molar-refractivity contribution is -0.124. The van der Waals surface area contributed by atoms with Gasteiger partial charge in [-0.15, -0.1) is 0 Å². The van der Waals surface area contributed by atoms with Crippen molar-refractivity contribution in [2.75, 3.05) is 6.54 Å². The van der Waals surface area contributed by atoms with Crippen LogP contribution in [0.15, 0.2) is 0 Å². The van der Waals surface area contributed by atoms with Crippen LogP contribution in [0.3, 0.4) is 0 Å². The van der Waals surface area contributed by atoms with E-state index in [-0.39, 0.29) is 6.54 Å². The van der Waals surface area contributed by atoms with Gasteiger partial charge in [-0.3, -0.25) is 4.79 Å². The molecule has 54 valence electrons. The van der Waals surface area contributed by atoms with Crippen LogP contribution < -0.4 is 5.73 Å². The summed E-state index contributed by atoms with van der Waals surface area (Å²) in [5.74, 6) is -0.644. The van der Waals surface area contributed by atoms with Gasteiger partial charge < -0.3 is 10.5 Å². The van der Waals surface area contributed by atoms with Crippen LogP contribution in [-0.4, -0.2) is 38.5 Å². The Morgan fingerprint density at radius 1 is 1.80 bits per heavy atom. The van der Waals surface area contributed by atoms with Gasteiger partial charge in [-0.25, -0.2) is 4.39 Å². The number of hydrogen-bond donors (Lipinski definition) is 1. The lowest BCUT2D eigenvalue weighted by atomic mass is 9.95. The van der Waals surface area contributed by atoms with Crippen LogP contribution in [0.4, 0.5) is 4.39 Å². The number of ether oxygens (including phenoxy) is 1. The highest BCUT2D eigenvalue weighted by Gasteiger charge is 2.39. The van der Waals surface area contributed by atoms with Crippen molar-refractivity contribution in [1.29, 1.82) is 0 Å². The average Bonchev–Trinajstić information content (AvgIpc) is 2.17. The number of alkyl halides is 1. The smallest absolute Gasteiger partial charge is 0.198 e. The molecule has 0 bridgehead atoms. The first-order chi connectivity index (χ1) is 4.66. The van der Waals surface area contributed by atoms with E-state index in [1.54, 1.807) is 0 Å². The number of carbonyl (C=O) groups excluding carboxylic acids is 1. The predicted octanol–water partition coefficient (Wildman–Crippen LogP) is -1.25. The van der Waals surface area contributed by atoms with E-state index in [9.17, 15) is 9.18 Å². The summed E-state index contributed by atoms with van der Waals surface area (Å²) in [7, 11) is 5.06. The summed E-state index contributed by atoms with van der Waals surface area (Å²) in [6, 6.07) is -1.12. The van der Waals surface area contributed by atoms with Crippen molar-refractivity contribution >= 4 is 13.6 Å². The number of Topliss-reactive ketones (excluding diaryl/α,β-unsaturated/α-hetero) is 1. The molecule has 0 amide bonds. The molecule has 0 saturated carbocycles. The van der Waals surface area contributed by atoms with Gasteiger partial charge in [-0.1, -0.05) is 0 Å². The van der Waals surface area contributed by atoms with E-state index in [1.807, 2.05) is 0 Å². The Bertz CT molecular complexity index is 155. The Hall–Kier alpha value is -0.415. The van der Waals surface area contributed by atoms with E-state index in [1.165, 1.54) is 0 Å². The van der Waals surface area contributed by atoms with E-state index < -0.39 is 24.1 Å². The predicted molar refractivity (Wildman–Crippen MR) is 33.4 cm³/mol. The molecule has 1 saturated heterocycles. The molecule has 1 rings (SSSR count). The Kier molecular flexibility index (Phi) is 2.06. The number of rotatable bonds is 1. The maximum Gasteiger partial charge on any atom is 0.198 e. The fourth-order valence-electron chi connectivity index (χ4n) is 0.837. The summed E-state index contributed by atoms with van der Waals surface area (Å²) in [5.41, 5.74) is 5.08. The molecule has 0 aromatic rings. The molecule has 2 radical (unpaired) electrons. The first-order valence-electron chi connectivity index (χ1n) is 2.95. The van der Waals surface area contributed by atoms with Crippen LogP contribution >= 0.6 is 0 Å². The zero-order valence-corrected chi connectivity index (χ0v) is 5.29. The molecule has 3 atom stereocenters. The summed E-state index contributed by atoms with van der Waals surface area (Å²) >= 11 is 0. The quantitative estimate of drug-likeness (QED) is 0.466. The van der Waals surface area contributed by atoms with Gasteiger partial charge in [0.1, 0.15) is 14.0 Å². The van der Waals surface area contributed by atoms with Crippen LogP contribution in [0.5, 0.6) is 0 Å². The Balaban J connectivity index is 2.62. The van der Waals surface area contributed by atoms with Crippen molar-refractivity contribution in [2.24, 2.45) is 5.73 Å². The Morgan fingerprint density at radius 3 is 2.60 bits per heavy atom. The van der Waals surface area contributed by atoms with Crippen molar-refractivity contribution in [3.05, 3.63) is 0 Å². The molecule has 1 fully saturated rings. The maximum atomic E-state index is 12.5. The standard InChI is InChI=1S/C5H7BFNO2/c6-5-3(7)4(9)2(1-8)10-5/h2-3,5H,1,8H2/t2-,3?,5-/m1/s1. The molecular weight excluding hydrogens is 136 g/mol. The fourth-order valence-corrected chi connectivity index (χ4v) is 0.837. The van der Waals surface area contributed by atoms with Crippen LogP contribution in [0.2, 0.25) is 0 Å². The van der Waals surface area contributed by atoms with Gasteiger partial charge in [-0.2, -0.15) is 0 Å². The van der Waals surface area contributed by atoms with E-state index >= 15 is 0 Å². The largest absolute Gasteiger partial charge is 0.372 e. The SMILES string of the molecule is [B][C@@H]1O[C@H](CN)C(=O)C1F. The summed E-state index contributed by atoms with van der Waals surface area (Å²) < 4.78 is 17.2. The summed E-state index contributed by atoms with van der Waals surface area (Å²) in [5, 5.41) is 0. The Labute approximate surface area is 59.1 Å². The minimum absolute atomic E-state index is 0.00699. The van der Waals surface area contributed by atoms with Gasteiger partial charge in [-0.05, 0) is 0 Å². The molecule has 1 unspecified atom stereocenters. The molecule has 10 heavy (non-hydrogen) atoms. The molecule has 0 aliphatic carbocycles. The summed E-state index contributed by atoms with van der Waals surface area (Å²) in [4.78, 5) is 10.7. The first kappa shape index (κ1) is 7.69. The molecule has 2 N–H and O–H groups in total. The summed E-state index contributed by atoms with van der Waals surface area (Å²) in [6.45, 7) is -0.00699. The number of ketones is 1. The number of hydrogen-bond acceptors (Lipinski definition) is 3. The van der Waals surface area contributed by atoms with E-state index in [2.05, 4.69) is 4.74 Å². The monoisotopic (exact) mass is 143 g/mol. The van der Waals surface area contributed by atoms with Crippen molar-refractivity contribution in [3.63, 3.8) is 0 Å². The van der Waals surface area contributed by atoms with Crippen LogP contribution in [-0.2, 0) is 9.53 Å². The van der Waals surface area contributed by atoms with Gasteiger partial charge in [0.25, 0.3) is 0 Å². The third-order valence-electron chi connectivity index (χ3n) is 1.41.